The molecule has 0 aliphatic carbocycles. The van der Waals surface area contributed by atoms with Crippen molar-refractivity contribution in [2.45, 2.75) is 38.5 Å². The number of fused-ring (bicyclic) bond motifs is 1. The van der Waals surface area contributed by atoms with Gasteiger partial charge in [-0.3, -0.25) is 4.90 Å². The molecule has 252 valence electrons. The summed E-state index contributed by atoms with van der Waals surface area (Å²) in [6.07, 6.45) is 2.09. The standard InChI is InChI=1S/C34H30ClF3N8O2S/c1-15(18-5-4-9-42-31(18)40)46-11-12-47-29-24-27(43-34(44-33(24)46)48-16(2)28-17(13-36)8-10-45(28)3)26(38)23(25(29)35)19-6-7-21(37)30-22(19)20(14-39)32(41)49-30/h4-7,9,13,15-16,28H,8,10-12,41H2,1-3H3,(H2,40,42)/b17-13+/t15-,16?,28?/m1/s1. The summed E-state index contributed by atoms with van der Waals surface area (Å²) in [4.78, 5) is 17.5. The van der Waals surface area contributed by atoms with Crippen molar-refractivity contribution in [3.05, 3.63) is 70.1 Å². The highest BCUT2D eigenvalue weighted by atomic mass is 35.5. The molecular formula is C34H30ClF3N8O2S. The van der Waals surface area contributed by atoms with Gasteiger partial charge in [-0.2, -0.15) is 15.2 Å². The molecule has 15 heteroatoms. The maximum atomic E-state index is 17.2. The van der Waals surface area contributed by atoms with Crippen molar-refractivity contribution >= 4 is 60.6 Å². The Bertz CT molecular complexity index is 2220. The zero-order valence-electron chi connectivity index (χ0n) is 26.6. The van der Waals surface area contributed by atoms with Crippen LogP contribution in [-0.2, 0) is 0 Å². The van der Waals surface area contributed by atoms with Crippen LogP contribution in [0, 0.1) is 23.0 Å². The molecule has 0 bridgehead atoms. The maximum absolute atomic E-state index is 17.2. The summed E-state index contributed by atoms with van der Waals surface area (Å²) in [5.41, 5.74) is 13.5. The number of nitriles is 1. The summed E-state index contributed by atoms with van der Waals surface area (Å²) >= 11 is 7.91. The van der Waals surface area contributed by atoms with E-state index in [1.807, 2.05) is 35.9 Å². The Morgan fingerprint density at radius 3 is 2.71 bits per heavy atom. The molecule has 4 N–H and O–H groups in total. The third-order valence-electron chi connectivity index (χ3n) is 9.27. The van der Waals surface area contributed by atoms with Gasteiger partial charge in [0.05, 0.1) is 45.6 Å². The fourth-order valence-electron chi connectivity index (χ4n) is 6.94. The Hall–Kier alpha value is -4.84. The van der Waals surface area contributed by atoms with Gasteiger partial charge in [-0.25, -0.2) is 18.2 Å². The first-order valence-corrected chi connectivity index (χ1v) is 16.6. The second kappa shape index (κ2) is 12.6. The van der Waals surface area contributed by atoms with Gasteiger partial charge < -0.3 is 25.8 Å². The molecule has 3 aromatic heterocycles. The number of halogens is 4. The van der Waals surface area contributed by atoms with Crippen LogP contribution < -0.4 is 25.8 Å². The molecule has 49 heavy (non-hydrogen) atoms. The van der Waals surface area contributed by atoms with Crippen LogP contribution in [0.25, 0.3) is 32.1 Å². The van der Waals surface area contributed by atoms with Gasteiger partial charge in [0.1, 0.15) is 46.8 Å². The molecule has 5 aromatic rings. The van der Waals surface area contributed by atoms with Gasteiger partial charge in [0.15, 0.2) is 11.6 Å². The van der Waals surface area contributed by atoms with Crippen molar-refractivity contribution in [1.82, 2.24) is 19.9 Å². The van der Waals surface area contributed by atoms with Crippen LogP contribution in [0.4, 0.5) is 29.8 Å². The molecule has 2 aliphatic rings. The van der Waals surface area contributed by atoms with Crippen molar-refractivity contribution in [3.8, 4) is 29.0 Å². The Labute approximate surface area is 288 Å². The number of anilines is 3. The minimum atomic E-state index is -0.868. The fraction of sp³-hybridized carbons (Fsp3) is 0.294. The lowest BCUT2D eigenvalue weighted by Crippen LogP contribution is -2.39. The van der Waals surface area contributed by atoms with E-state index in [1.54, 1.807) is 19.2 Å². The summed E-state index contributed by atoms with van der Waals surface area (Å²) in [5, 5.41) is 10.2. The molecule has 2 unspecified atom stereocenters. The highest BCUT2D eigenvalue weighted by molar-refractivity contribution is 7.23. The molecule has 1 fully saturated rings. The van der Waals surface area contributed by atoms with Crippen molar-refractivity contribution in [2.24, 2.45) is 0 Å². The number of likely N-dealkylation sites (tertiary alicyclic amines) is 1. The highest BCUT2D eigenvalue weighted by Gasteiger charge is 2.36. The van der Waals surface area contributed by atoms with Gasteiger partial charge in [0, 0.05) is 29.3 Å². The van der Waals surface area contributed by atoms with E-state index in [0.717, 1.165) is 11.3 Å². The zero-order chi connectivity index (χ0) is 34.7. The van der Waals surface area contributed by atoms with Crippen LogP contribution in [0.3, 0.4) is 0 Å². The minimum absolute atomic E-state index is 0.00420. The van der Waals surface area contributed by atoms with E-state index in [2.05, 4.69) is 9.97 Å². The molecule has 2 aliphatic heterocycles. The number of hydrogen-bond donors (Lipinski definition) is 2. The number of nitrogen functional groups attached to an aromatic ring is 2. The van der Waals surface area contributed by atoms with E-state index in [4.69, 9.17) is 37.5 Å². The number of nitrogens with two attached hydrogens (primary N) is 2. The van der Waals surface area contributed by atoms with Crippen molar-refractivity contribution in [1.29, 1.82) is 5.26 Å². The Balaban J connectivity index is 1.50. The number of ether oxygens (including phenoxy) is 2. The van der Waals surface area contributed by atoms with E-state index in [9.17, 15) is 9.65 Å². The first-order chi connectivity index (χ1) is 23.5. The molecule has 2 aromatic carbocycles. The first kappa shape index (κ1) is 32.7. The molecule has 10 nitrogen and oxygen atoms in total. The number of hydrogen-bond acceptors (Lipinski definition) is 11. The normalized spacial score (nSPS) is 18.4. The largest absolute Gasteiger partial charge is 0.489 e. The van der Waals surface area contributed by atoms with E-state index in [1.165, 1.54) is 12.1 Å². The number of nitrogens with zero attached hydrogens (tertiary/aromatic N) is 6. The van der Waals surface area contributed by atoms with Crippen LogP contribution in [0.5, 0.6) is 11.8 Å². The summed E-state index contributed by atoms with van der Waals surface area (Å²) in [6, 6.07) is 7.17. The summed E-state index contributed by atoms with van der Waals surface area (Å²) in [5.74, 6) is -0.795. The number of benzene rings is 2. The molecule has 5 heterocycles. The zero-order valence-corrected chi connectivity index (χ0v) is 28.2. The van der Waals surface area contributed by atoms with Gasteiger partial charge in [0.2, 0.25) is 0 Å². The Kier molecular flexibility index (Phi) is 8.38. The SMILES string of the molecule is CC(Oc1nc2c3c(c(Cl)c(-c4ccc(F)c5sc(N)c(C#N)c45)c(F)c3n1)OCCN2[C@H](C)c1cccnc1N)C1/C(=C/F)CCN1C. The third kappa shape index (κ3) is 5.24. The first-order valence-electron chi connectivity index (χ1n) is 15.4. The van der Waals surface area contributed by atoms with Gasteiger partial charge in [-0.05, 0) is 50.6 Å². The van der Waals surface area contributed by atoms with Gasteiger partial charge in [-0.1, -0.05) is 23.7 Å². The average Bonchev–Trinajstić information content (AvgIpc) is 3.57. The molecule has 0 amide bonds. The van der Waals surface area contributed by atoms with E-state index in [-0.39, 0.29) is 78.4 Å². The number of likely N-dealkylation sites (N-methyl/N-ethyl adjacent to an activating group) is 1. The molecule has 0 saturated carbocycles. The van der Waals surface area contributed by atoms with Crippen molar-refractivity contribution in [2.75, 3.05) is 43.1 Å². The maximum Gasteiger partial charge on any atom is 0.319 e. The number of aromatic nitrogens is 3. The highest BCUT2D eigenvalue weighted by Crippen LogP contribution is 2.51. The predicted molar refractivity (Wildman–Crippen MR) is 185 cm³/mol. The van der Waals surface area contributed by atoms with Gasteiger partial charge >= 0.3 is 6.01 Å². The van der Waals surface area contributed by atoms with Crippen molar-refractivity contribution < 1.29 is 22.6 Å². The predicted octanol–water partition coefficient (Wildman–Crippen LogP) is 7.16. The average molecular weight is 707 g/mol. The van der Waals surface area contributed by atoms with E-state index in [0.29, 0.717) is 36.2 Å². The third-order valence-corrected chi connectivity index (χ3v) is 10.7. The summed E-state index contributed by atoms with van der Waals surface area (Å²) < 4.78 is 58.7. The van der Waals surface area contributed by atoms with Crippen molar-refractivity contribution in [3.63, 3.8) is 0 Å². The number of thiophene rings is 1. The number of pyridine rings is 1. The lowest BCUT2D eigenvalue weighted by Gasteiger charge is -2.31. The molecular weight excluding hydrogens is 677 g/mol. The second-order valence-electron chi connectivity index (χ2n) is 12.0. The van der Waals surface area contributed by atoms with E-state index >= 15 is 8.78 Å². The van der Waals surface area contributed by atoms with Crippen LogP contribution >= 0.6 is 22.9 Å². The molecule has 0 spiro atoms. The van der Waals surface area contributed by atoms with Crippen LogP contribution in [0.1, 0.15) is 37.4 Å². The molecule has 1 saturated heterocycles. The smallest absolute Gasteiger partial charge is 0.319 e. The van der Waals surface area contributed by atoms with Gasteiger partial charge in [-0.15, -0.1) is 11.3 Å². The lowest BCUT2D eigenvalue weighted by atomic mass is 9.96. The lowest BCUT2D eigenvalue weighted by molar-refractivity contribution is 0.126. The van der Waals surface area contributed by atoms with Gasteiger partial charge in [0.25, 0.3) is 0 Å². The quantitative estimate of drug-likeness (QED) is 0.187. The number of rotatable bonds is 6. The topological polar surface area (TPSA) is 139 Å². The minimum Gasteiger partial charge on any atom is -0.489 e. The fourth-order valence-corrected chi connectivity index (χ4v) is 8.22. The monoisotopic (exact) mass is 706 g/mol. The Morgan fingerprint density at radius 2 is 1.98 bits per heavy atom. The molecule has 7 rings (SSSR count). The summed E-state index contributed by atoms with van der Waals surface area (Å²) in [7, 11) is 1.87. The molecule has 3 atom stereocenters. The van der Waals surface area contributed by atoms with E-state index < -0.39 is 29.8 Å². The Morgan fingerprint density at radius 1 is 1.18 bits per heavy atom. The van der Waals surface area contributed by atoms with Crippen LogP contribution in [0.2, 0.25) is 5.02 Å². The molecule has 0 radical (unpaired) electrons. The van der Waals surface area contributed by atoms with Crippen LogP contribution in [-0.4, -0.2) is 58.7 Å². The second-order valence-corrected chi connectivity index (χ2v) is 13.4. The van der Waals surface area contributed by atoms with Crippen LogP contribution in [0.15, 0.2) is 42.4 Å². The summed E-state index contributed by atoms with van der Waals surface area (Å²) in [6.45, 7) is 4.71.